The zero-order valence-electron chi connectivity index (χ0n) is 14.6. The molecule has 0 saturated carbocycles. The fraction of sp³-hybridized carbons (Fsp3) is 0.158. The molecule has 2 heterocycles. The van der Waals surface area contributed by atoms with Gasteiger partial charge in [-0.3, -0.25) is 0 Å². The summed E-state index contributed by atoms with van der Waals surface area (Å²) in [6.07, 6.45) is 0. The molecule has 0 radical (unpaired) electrons. The fourth-order valence-corrected chi connectivity index (χ4v) is 4.06. The van der Waals surface area contributed by atoms with Crippen molar-refractivity contribution in [2.24, 2.45) is 10.2 Å². The molecular formula is C19H16N2O5Se. The maximum absolute atomic E-state index is 11.9. The number of methoxy groups -OCH3 is 1. The number of ether oxygens (including phenoxy) is 2. The summed E-state index contributed by atoms with van der Waals surface area (Å²) in [7, 11) is 1.26. The van der Waals surface area contributed by atoms with Crippen LogP contribution >= 0.6 is 0 Å². The number of rotatable bonds is 6. The van der Waals surface area contributed by atoms with Crippen molar-refractivity contribution < 1.29 is 23.5 Å². The van der Waals surface area contributed by atoms with Crippen LogP contribution in [0.3, 0.4) is 0 Å². The van der Waals surface area contributed by atoms with E-state index >= 15 is 0 Å². The minimum atomic E-state index is -1.59. The van der Waals surface area contributed by atoms with Crippen LogP contribution in [0.5, 0.6) is 0 Å². The molecule has 1 atom stereocenters. The van der Waals surface area contributed by atoms with E-state index in [1.54, 1.807) is 12.1 Å². The number of benzene rings is 1. The van der Waals surface area contributed by atoms with Crippen LogP contribution in [0.25, 0.3) is 0 Å². The summed E-state index contributed by atoms with van der Waals surface area (Å²) in [5.41, 5.74) is -0.995. The monoisotopic (exact) mass is 432 g/mol. The first-order chi connectivity index (χ1) is 13.0. The number of hydrogen-bond donors (Lipinski definition) is 0. The first kappa shape index (κ1) is 18.8. The number of esters is 2. The topological polar surface area (TPSA) is 90.5 Å². The van der Waals surface area contributed by atoms with Crippen molar-refractivity contribution in [1.82, 2.24) is 0 Å². The van der Waals surface area contributed by atoms with Crippen LogP contribution in [0.4, 0.5) is 5.69 Å². The van der Waals surface area contributed by atoms with E-state index in [0.29, 0.717) is 5.69 Å². The van der Waals surface area contributed by atoms with Crippen LogP contribution in [0.2, 0.25) is 0 Å². The molecule has 0 aliphatic carbocycles. The Balaban J connectivity index is 2.14. The molecule has 7 nitrogen and oxygen atoms in total. The summed E-state index contributed by atoms with van der Waals surface area (Å²) < 4.78 is 16.7. The Bertz CT molecular complexity index is 950. The minimum absolute atomic E-state index is 0.0157. The summed E-state index contributed by atoms with van der Waals surface area (Å²) in [6.45, 7) is 1.28. The van der Waals surface area contributed by atoms with Crippen LogP contribution in [-0.2, 0) is 20.0 Å². The van der Waals surface area contributed by atoms with Gasteiger partial charge in [0, 0.05) is 0 Å². The Hall–Kier alpha value is -2.96. The van der Waals surface area contributed by atoms with Gasteiger partial charge in [-0.2, -0.15) is 0 Å². The SMILES string of the molecule is COC(=O)c1ccc(C(N=Nc2ccccc2)(OC(C)=O)c2ccc[se]2)o1. The van der Waals surface area contributed by atoms with Crippen molar-refractivity contribution in [3.8, 4) is 0 Å². The van der Waals surface area contributed by atoms with Crippen LogP contribution in [-0.4, -0.2) is 33.6 Å². The van der Waals surface area contributed by atoms with E-state index in [-0.39, 0.29) is 26.0 Å². The Kier molecular flexibility index (Phi) is 5.69. The van der Waals surface area contributed by atoms with Crippen molar-refractivity contribution in [1.29, 1.82) is 0 Å². The second kappa shape index (κ2) is 8.16. The second-order valence-corrected chi connectivity index (χ2v) is 7.39. The number of furan rings is 1. The normalized spacial score (nSPS) is 13.3. The predicted octanol–water partition coefficient (Wildman–Crippen LogP) is 3.67. The van der Waals surface area contributed by atoms with Crippen LogP contribution in [0, 0.1) is 0 Å². The van der Waals surface area contributed by atoms with Gasteiger partial charge in [-0.05, 0) is 0 Å². The Morgan fingerprint density at radius 3 is 2.48 bits per heavy atom. The van der Waals surface area contributed by atoms with Gasteiger partial charge in [-0.1, -0.05) is 0 Å². The van der Waals surface area contributed by atoms with Gasteiger partial charge in [0.15, 0.2) is 0 Å². The Morgan fingerprint density at radius 1 is 1.07 bits per heavy atom. The van der Waals surface area contributed by atoms with Crippen molar-refractivity contribution in [3.63, 3.8) is 0 Å². The molecule has 138 valence electrons. The maximum atomic E-state index is 11.9. The summed E-state index contributed by atoms with van der Waals surface area (Å²) in [5.74, 6) is -1.03. The third kappa shape index (κ3) is 4.07. The van der Waals surface area contributed by atoms with Gasteiger partial charge in [0.05, 0.1) is 0 Å². The summed E-state index contributed by atoms with van der Waals surface area (Å²) in [6, 6.07) is 15.7. The second-order valence-electron chi connectivity index (χ2n) is 5.41. The zero-order valence-corrected chi connectivity index (χ0v) is 16.3. The average Bonchev–Trinajstić information content (AvgIpc) is 3.37. The van der Waals surface area contributed by atoms with E-state index in [4.69, 9.17) is 9.15 Å². The molecule has 0 aliphatic heterocycles. The summed E-state index contributed by atoms with van der Waals surface area (Å²) in [5, 5.41) is 8.60. The van der Waals surface area contributed by atoms with Crippen molar-refractivity contribution >= 4 is 32.1 Å². The van der Waals surface area contributed by atoms with E-state index in [1.807, 2.05) is 35.3 Å². The van der Waals surface area contributed by atoms with Crippen LogP contribution in [0.15, 0.2) is 74.2 Å². The molecule has 0 fully saturated rings. The van der Waals surface area contributed by atoms with Gasteiger partial charge < -0.3 is 0 Å². The average molecular weight is 431 g/mol. The molecule has 1 aromatic carbocycles. The number of nitrogens with zero attached hydrogens (tertiary/aromatic N) is 2. The first-order valence-corrected chi connectivity index (χ1v) is 9.80. The zero-order chi connectivity index (χ0) is 19.3. The van der Waals surface area contributed by atoms with Gasteiger partial charge in [0.2, 0.25) is 0 Å². The molecule has 0 aliphatic rings. The summed E-state index contributed by atoms with van der Waals surface area (Å²) in [4.78, 5) is 25.6. The number of carbonyl (C=O) groups is 2. The van der Waals surface area contributed by atoms with E-state index in [1.165, 1.54) is 26.2 Å². The van der Waals surface area contributed by atoms with E-state index < -0.39 is 17.7 Å². The van der Waals surface area contributed by atoms with Crippen molar-refractivity contribution in [2.75, 3.05) is 7.11 Å². The molecule has 0 spiro atoms. The Morgan fingerprint density at radius 2 is 1.85 bits per heavy atom. The number of carbonyl (C=O) groups excluding carboxylic acids is 2. The van der Waals surface area contributed by atoms with Crippen molar-refractivity contribution in [2.45, 2.75) is 12.6 Å². The number of hydrogen-bond acceptors (Lipinski definition) is 7. The van der Waals surface area contributed by atoms with E-state index in [9.17, 15) is 9.59 Å². The summed E-state index contributed by atoms with van der Waals surface area (Å²) >= 11 is -0.122. The third-order valence-electron chi connectivity index (χ3n) is 3.54. The van der Waals surface area contributed by atoms with E-state index in [2.05, 4.69) is 15.0 Å². The molecule has 3 rings (SSSR count). The quantitative estimate of drug-likeness (QED) is 0.338. The molecule has 0 amide bonds. The standard InChI is InChI=1S/C19H16N2O5Se/c1-13(22)26-19(17-9-6-12-27-17,21-20-14-7-4-3-5-8-14)16-11-10-15(25-16)18(23)24-2/h3-12H,1-2H3. The van der Waals surface area contributed by atoms with Gasteiger partial charge in [0.1, 0.15) is 0 Å². The molecule has 0 N–H and O–H groups in total. The first-order valence-electron chi connectivity index (χ1n) is 7.95. The molecule has 0 bridgehead atoms. The number of azo groups is 1. The van der Waals surface area contributed by atoms with Crippen LogP contribution < -0.4 is 0 Å². The molecular weight excluding hydrogens is 415 g/mol. The van der Waals surface area contributed by atoms with Gasteiger partial charge in [-0.15, -0.1) is 0 Å². The molecule has 1 unspecified atom stereocenters. The fourth-order valence-electron chi connectivity index (χ4n) is 2.37. The third-order valence-corrected chi connectivity index (χ3v) is 5.55. The molecule has 0 saturated heterocycles. The molecule has 27 heavy (non-hydrogen) atoms. The van der Waals surface area contributed by atoms with Gasteiger partial charge in [-0.25, -0.2) is 0 Å². The molecule has 2 aromatic heterocycles. The predicted molar refractivity (Wildman–Crippen MR) is 96.9 cm³/mol. The van der Waals surface area contributed by atoms with Gasteiger partial charge >= 0.3 is 161 Å². The van der Waals surface area contributed by atoms with E-state index in [0.717, 1.165) is 4.44 Å². The Labute approximate surface area is 161 Å². The van der Waals surface area contributed by atoms with Gasteiger partial charge in [0.25, 0.3) is 0 Å². The molecule has 3 aromatic rings. The van der Waals surface area contributed by atoms with Crippen molar-refractivity contribution in [3.05, 3.63) is 75.5 Å². The van der Waals surface area contributed by atoms with Crippen LogP contribution in [0.1, 0.15) is 27.7 Å². The molecule has 8 heteroatoms.